The maximum absolute atomic E-state index is 11.9. The summed E-state index contributed by atoms with van der Waals surface area (Å²) in [7, 11) is 0. The van der Waals surface area contributed by atoms with Gasteiger partial charge in [-0.2, -0.15) is 0 Å². The lowest BCUT2D eigenvalue weighted by Crippen LogP contribution is -2.12. The van der Waals surface area contributed by atoms with Crippen LogP contribution in [0.1, 0.15) is 10.4 Å². The molecule has 6 heteroatoms. The van der Waals surface area contributed by atoms with Crippen LogP contribution in [-0.2, 0) is 0 Å². The monoisotopic (exact) mass is 281 g/mol. The van der Waals surface area contributed by atoms with Crippen molar-refractivity contribution in [3.05, 3.63) is 52.1 Å². The molecule has 0 bridgehead atoms. The zero-order valence-electron chi connectivity index (χ0n) is 9.15. The number of anilines is 2. The van der Waals surface area contributed by atoms with Crippen LogP contribution in [0, 0.1) is 0 Å². The van der Waals surface area contributed by atoms with E-state index in [-0.39, 0.29) is 5.91 Å². The van der Waals surface area contributed by atoms with Crippen LogP contribution in [0.5, 0.6) is 0 Å². The number of carbonyl (C=O) groups is 1. The standard InChI is InChI=1S/C12H9Cl2N3O/c13-9-3-2-8(5-10(9)14)17-12(18)7-1-4-11(15)16-6-7/h1-6H,(H2,15,16)(H,17,18). The van der Waals surface area contributed by atoms with E-state index in [2.05, 4.69) is 10.3 Å². The molecule has 2 aromatic rings. The van der Waals surface area contributed by atoms with E-state index in [1.165, 1.54) is 6.20 Å². The Kier molecular flexibility index (Phi) is 3.69. The van der Waals surface area contributed by atoms with Crippen LogP contribution in [0.4, 0.5) is 11.5 Å². The number of nitrogen functional groups attached to an aromatic ring is 1. The number of hydrogen-bond donors (Lipinski definition) is 2. The molecule has 2 rings (SSSR count). The molecule has 0 fully saturated rings. The Bertz CT molecular complexity index is 584. The van der Waals surface area contributed by atoms with Gasteiger partial charge in [-0.15, -0.1) is 0 Å². The van der Waals surface area contributed by atoms with Crippen LogP contribution in [0.2, 0.25) is 10.0 Å². The quantitative estimate of drug-likeness (QED) is 0.888. The van der Waals surface area contributed by atoms with Gasteiger partial charge in [0, 0.05) is 11.9 Å². The van der Waals surface area contributed by atoms with Crippen molar-refractivity contribution >= 4 is 40.6 Å². The molecule has 0 aliphatic rings. The zero-order valence-corrected chi connectivity index (χ0v) is 10.7. The number of amides is 1. The van der Waals surface area contributed by atoms with Crippen molar-refractivity contribution in [2.24, 2.45) is 0 Å². The zero-order chi connectivity index (χ0) is 13.1. The fourth-order valence-electron chi connectivity index (χ4n) is 1.32. The van der Waals surface area contributed by atoms with Crippen LogP contribution < -0.4 is 11.1 Å². The van der Waals surface area contributed by atoms with E-state index in [0.717, 1.165) is 0 Å². The summed E-state index contributed by atoms with van der Waals surface area (Å²) in [6, 6.07) is 8.00. The number of aromatic nitrogens is 1. The average molecular weight is 282 g/mol. The highest BCUT2D eigenvalue weighted by Gasteiger charge is 2.07. The van der Waals surface area contributed by atoms with Crippen LogP contribution in [-0.4, -0.2) is 10.9 Å². The molecule has 0 radical (unpaired) electrons. The first-order chi connectivity index (χ1) is 8.56. The van der Waals surface area contributed by atoms with Crippen molar-refractivity contribution in [3.63, 3.8) is 0 Å². The average Bonchev–Trinajstić information content (AvgIpc) is 2.34. The van der Waals surface area contributed by atoms with Gasteiger partial charge in [0.05, 0.1) is 15.6 Å². The van der Waals surface area contributed by atoms with E-state index >= 15 is 0 Å². The van der Waals surface area contributed by atoms with E-state index in [4.69, 9.17) is 28.9 Å². The third-order valence-electron chi connectivity index (χ3n) is 2.23. The second-order valence-corrected chi connectivity index (χ2v) is 4.37. The van der Waals surface area contributed by atoms with E-state index in [1.54, 1.807) is 30.3 Å². The van der Waals surface area contributed by atoms with Crippen molar-refractivity contribution in [3.8, 4) is 0 Å². The fraction of sp³-hybridized carbons (Fsp3) is 0. The van der Waals surface area contributed by atoms with Crippen LogP contribution >= 0.6 is 23.2 Å². The molecule has 0 aliphatic heterocycles. The van der Waals surface area contributed by atoms with Crippen molar-refractivity contribution < 1.29 is 4.79 Å². The SMILES string of the molecule is Nc1ccc(C(=O)Nc2ccc(Cl)c(Cl)c2)cn1. The Labute approximate surface area is 114 Å². The molecule has 1 amide bonds. The molecule has 4 nitrogen and oxygen atoms in total. The molecule has 92 valence electrons. The topological polar surface area (TPSA) is 68.0 Å². The third kappa shape index (κ3) is 2.91. The van der Waals surface area contributed by atoms with E-state index < -0.39 is 0 Å². The lowest BCUT2D eigenvalue weighted by atomic mass is 10.2. The summed E-state index contributed by atoms with van der Waals surface area (Å²) >= 11 is 11.6. The van der Waals surface area contributed by atoms with Crippen molar-refractivity contribution in [2.75, 3.05) is 11.1 Å². The van der Waals surface area contributed by atoms with Crippen molar-refractivity contribution in [2.45, 2.75) is 0 Å². The maximum atomic E-state index is 11.9. The number of rotatable bonds is 2. The second-order valence-electron chi connectivity index (χ2n) is 3.55. The Hall–Kier alpha value is -1.78. The molecule has 0 aliphatic carbocycles. The molecule has 0 spiro atoms. The smallest absolute Gasteiger partial charge is 0.257 e. The maximum Gasteiger partial charge on any atom is 0.257 e. The molecule has 1 heterocycles. The number of benzene rings is 1. The minimum atomic E-state index is -0.291. The molecule has 0 saturated heterocycles. The summed E-state index contributed by atoms with van der Waals surface area (Å²) in [5.74, 6) is 0.0713. The normalized spacial score (nSPS) is 10.1. The number of nitrogens with zero attached hydrogens (tertiary/aromatic N) is 1. The van der Waals surface area contributed by atoms with Gasteiger partial charge in [-0.25, -0.2) is 4.98 Å². The van der Waals surface area contributed by atoms with Gasteiger partial charge in [0.1, 0.15) is 5.82 Å². The molecule has 1 aromatic heterocycles. The highest BCUT2D eigenvalue weighted by molar-refractivity contribution is 6.42. The Balaban J connectivity index is 2.16. The molecular formula is C12H9Cl2N3O. The van der Waals surface area contributed by atoms with Gasteiger partial charge >= 0.3 is 0 Å². The number of hydrogen-bond acceptors (Lipinski definition) is 3. The highest BCUT2D eigenvalue weighted by Crippen LogP contribution is 2.25. The van der Waals surface area contributed by atoms with Gasteiger partial charge in [0.2, 0.25) is 0 Å². The summed E-state index contributed by atoms with van der Waals surface area (Å²) in [6.45, 7) is 0. The van der Waals surface area contributed by atoms with Crippen molar-refractivity contribution in [1.29, 1.82) is 0 Å². The van der Waals surface area contributed by atoms with E-state index in [0.29, 0.717) is 27.1 Å². The van der Waals surface area contributed by atoms with Gasteiger partial charge in [-0.3, -0.25) is 4.79 Å². The molecule has 0 atom stereocenters. The second kappa shape index (κ2) is 5.25. The number of nitrogens with two attached hydrogens (primary N) is 1. The van der Waals surface area contributed by atoms with Crippen LogP contribution in [0.25, 0.3) is 0 Å². The number of pyridine rings is 1. The summed E-state index contributed by atoms with van der Waals surface area (Å²) in [5, 5.41) is 3.50. The Morgan fingerprint density at radius 3 is 2.56 bits per heavy atom. The van der Waals surface area contributed by atoms with Gasteiger partial charge < -0.3 is 11.1 Å². The van der Waals surface area contributed by atoms with Gasteiger partial charge in [0.15, 0.2) is 0 Å². The number of nitrogens with one attached hydrogen (secondary N) is 1. The van der Waals surface area contributed by atoms with Gasteiger partial charge in [-0.1, -0.05) is 23.2 Å². The fourth-order valence-corrected chi connectivity index (χ4v) is 1.61. The molecule has 18 heavy (non-hydrogen) atoms. The first-order valence-electron chi connectivity index (χ1n) is 5.04. The number of halogens is 2. The summed E-state index contributed by atoms with van der Waals surface area (Å²) in [6.07, 6.45) is 1.40. The molecule has 0 saturated carbocycles. The van der Waals surface area contributed by atoms with Crippen LogP contribution in [0.3, 0.4) is 0 Å². The minimum Gasteiger partial charge on any atom is -0.384 e. The lowest BCUT2D eigenvalue weighted by molar-refractivity contribution is 0.102. The highest BCUT2D eigenvalue weighted by atomic mass is 35.5. The molecule has 1 aromatic carbocycles. The molecule has 3 N–H and O–H groups in total. The molecule has 0 unspecified atom stereocenters. The van der Waals surface area contributed by atoms with Crippen molar-refractivity contribution in [1.82, 2.24) is 4.98 Å². The molecular weight excluding hydrogens is 273 g/mol. The summed E-state index contributed by atoms with van der Waals surface area (Å²) in [4.78, 5) is 15.7. The van der Waals surface area contributed by atoms with Gasteiger partial charge in [0.25, 0.3) is 5.91 Å². The first kappa shape index (κ1) is 12.7. The van der Waals surface area contributed by atoms with E-state index in [9.17, 15) is 4.79 Å². The predicted octanol–water partition coefficient (Wildman–Crippen LogP) is 3.22. The first-order valence-corrected chi connectivity index (χ1v) is 5.80. The predicted molar refractivity (Wildman–Crippen MR) is 73.1 cm³/mol. The Morgan fingerprint density at radius 2 is 1.94 bits per heavy atom. The van der Waals surface area contributed by atoms with Gasteiger partial charge in [-0.05, 0) is 30.3 Å². The summed E-state index contributed by atoms with van der Waals surface area (Å²) in [5.41, 5.74) is 6.41. The summed E-state index contributed by atoms with van der Waals surface area (Å²) < 4.78 is 0. The largest absolute Gasteiger partial charge is 0.384 e. The Morgan fingerprint density at radius 1 is 1.17 bits per heavy atom. The minimum absolute atomic E-state index is 0.291. The van der Waals surface area contributed by atoms with Crippen LogP contribution in [0.15, 0.2) is 36.5 Å². The number of carbonyl (C=O) groups excluding carboxylic acids is 1. The lowest BCUT2D eigenvalue weighted by Gasteiger charge is -2.06. The third-order valence-corrected chi connectivity index (χ3v) is 2.97. The van der Waals surface area contributed by atoms with E-state index in [1.807, 2.05) is 0 Å².